The van der Waals surface area contributed by atoms with Gasteiger partial charge in [0, 0.05) is 5.38 Å². The summed E-state index contributed by atoms with van der Waals surface area (Å²) in [5.41, 5.74) is 1.55. The van der Waals surface area contributed by atoms with Crippen molar-refractivity contribution in [3.63, 3.8) is 0 Å². The smallest absolute Gasteiger partial charge is 0.304 e. The molecule has 0 aliphatic heterocycles. The topological polar surface area (TPSA) is 92.4 Å². The second kappa shape index (κ2) is 7.97. The van der Waals surface area contributed by atoms with Crippen LogP contribution in [0.15, 0.2) is 52.3 Å². The van der Waals surface area contributed by atoms with Crippen LogP contribution in [0.25, 0.3) is 11.5 Å². The molecule has 3 rings (SSSR count). The van der Waals surface area contributed by atoms with Crippen LogP contribution in [-0.4, -0.2) is 22.0 Å². The summed E-state index contributed by atoms with van der Waals surface area (Å²) in [5.74, 6) is -0.624. The number of carbonyl (C=O) groups is 2. The van der Waals surface area contributed by atoms with Gasteiger partial charge >= 0.3 is 5.97 Å². The van der Waals surface area contributed by atoms with Gasteiger partial charge in [0.05, 0.1) is 12.3 Å². The second-order valence-electron chi connectivity index (χ2n) is 5.92. The van der Waals surface area contributed by atoms with Gasteiger partial charge in [0.2, 0.25) is 5.91 Å². The number of nitrogens with one attached hydrogen (secondary N) is 1. The highest BCUT2D eigenvalue weighted by molar-refractivity contribution is 7.14. The van der Waals surface area contributed by atoms with Crippen LogP contribution >= 0.6 is 11.3 Å². The summed E-state index contributed by atoms with van der Waals surface area (Å²) in [6.45, 7) is 1.85. The fraction of sp³-hybridized carbons (Fsp3) is 0.211. The highest BCUT2D eigenvalue weighted by Crippen LogP contribution is 2.27. The maximum atomic E-state index is 12.6. The number of aryl methyl sites for hydroxylation is 1. The predicted octanol–water partition coefficient (Wildman–Crippen LogP) is 3.98. The molecule has 134 valence electrons. The molecule has 2 aromatic heterocycles. The Hall–Kier alpha value is -2.93. The molecule has 26 heavy (non-hydrogen) atoms. The van der Waals surface area contributed by atoms with Gasteiger partial charge in [-0.05, 0) is 31.0 Å². The summed E-state index contributed by atoms with van der Waals surface area (Å²) >= 11 is 1.27. The Bertz CT molecular complexity index is 901. The van der Waals surface area contributed by atoms with E-state index in [1.165, 1.54) is 11.3 Å². The Kier molecular flexibility index (Phi) is 5.48. The quantitative estimate of drug-likeness (QED) is 0.656. The fourth-order valence-electron chi connectivity index (χ4n) is 2.59. The summed E-state index contributed by atoms with van der Waals surface area (Å²) < 4.78 is 5.52. The Balaban J connectivity index is 1.71. The molecule has 6 nitrogen and oxygen atoms in total. The van der Waals surface area contributed by atoms with Crippen molar-refractivity contribution in [2.75, 3.05) is 5.32 Å². The third-order valence-corrected chi connectivity index (χ3v) is 4.60. The molecule has 2 heterocycles. The van der Waals surface area contributed by atoms with Gasteiger partial charge in [0.15, 0.2) is 10.9 Å². The van der Waals surface area contributed by atoms with Crippen LogP contribution in [-0.2, 0) is 16.0 Å². The minimum atomic E-state index is -1.01. The van der Waals surface area contributed by atoms with Crippen molar-refractivity contribution in [1.29, 1.82) is 0 Å². The summed E-state index contributed by atoms with van der Waals surface area (Å²) in [7, 11) is 0. The highest BCUT2D eigenvalue weighted by atomic mass is 32.1. The minimum Gasteiger partial charge on any atom is -0.481 e. The van der Waals surface area contributed by atoms with Crippen LogP contribution in [0.3, 0.4) is 0 Å². The zero-order valence-corrected chi connectivity index (χ0v) is 15.0. The molecule has 0 aliphatic carbocycles. The van der Waals surface area contributed by atoms with Crippen molar-refractivity contribution in [2.24, 2.45) is 5.92 Å². The number of hydrogen-bond donors (Lipinski definition) is 2. The van der Waals surface area contributed by atoms with Crippen molar-refractivity contribution < 1.29 is 19.1 Å². The summed E-state index contributed by atoms with van der Waals surface area (Å²) in [4.78, 5) is 28.1. The molecule has 3 aromatic rings. The van der Waals surface area contributed by atoms with Crippen molar-refractivity contribution in [3.05, 3.63) is 59.2 Å². The van der Waals surface area contributed by atoms with E-state index < -0.39 is 11.9 Å². The molecule has 0 saturated carbocycles. The lowest BCUT2D eigenvalue weighted by molar-refractivity contribution is -0.140. The first-order chi connectivity index (χ1) is 12.5. The average Bonchev–Trinajstić information content (AvgIpc) is 3.23. The van der Waals surface area contributed by atoms with Crippen LogP contribution < -0.4 is 5.32 Å². The van der Waals surface area contributed by atoms with Gasteiger partial charge in [-0.25, -0.2) is 4.98 Å². The van der Waals surface area contributed by atoms with Gasteiger partial charge in [0.25, 0.3) is 0 Å². The summed E-state index contributed by atoms with van der Waals surface area (Å²) in [6, 6.07) is 13.0. The molecule has 0 radical (unpaired) electrons. The Labute approximate surface area is 154 Å². The molecule has 2 N–H and O–H groups in total. The lowest BCUT2D eigenvalue weighted by Gasteiger charge is -2.14. The van der Waals surface area contributed by atoms with Crippen molar-refractivity contribution in [3.8, 4) is 11.5 Å². The van der Waals surface area contributed by atoms with Gasteiger partial charge in [-0.3, -0.25) is 9.59 Å². The van der Waals surface area contributed by atoms with Gasteiger partial charge < -0.3 is 14.8 Å². The van der Waals surface area contributed by atoms with Gasteiger partial charge in [-0.15, -0.1) is 11.3 Å². The molecule has 0 aliphatic rings. The third kappa shape index (κ3) is 4.58. The van der Waals surface area contributed by atoms with E-state index in [4.69, 9.17) is 9.52 Å². The second-order valence-corrected chi connectivity index (χ2v) is 6.78. The molecule has 0 spiro atoms. The number of nitrogens with zero attached hydrogens (tertiary/aromatic N) is 1. The van der Waals surface area contributed by atoms with E-state index in [2.05, 4.69) is 10.3 Å². The average molecular weight is 370 g/mol. The van der Waals surface area contributed by atoms with E-state index >= 15 is 0 Å². The normalized spacial score (nSPS) is 11.9. The number of aliphatic carboxylic acids is 1. The van der Waals surface area contributed by atoms with Crippen LogP contribution in [0.5, 0.6) is 0 Å². The molecular weight excluding hydrogens is 352 g/mol. The van der Waals surface area contributed by atoms with Crippen LogP contribution in [0.4, 0.5) is 5.13 Å². The molecule has 0 saturated heterocycles. The molecule has 7 heteroatoms. The molecule has 0 bridgehead atoms. The number of aromatic nitrogens is 1. The Morgan fingerprint density at radius 3 is 2.65 bits per heavy atom. The number of rotatable bonds is 7. The monoisotopic (exact) mass is 370 g/mol. The van der Waals surface area contributed by atoms with Crippen molar-refractivity contribution in [1.82, 2.24) is 4.98 Å². The lowest BCUT2D eigenvalue weighted by atomic mass is 9.95. The Morgan fingerprint density at radius 2 is 2.00 bits per heavy atom. The fourth-order valence-corrected chi connectivity index (χ4v) is 3.29. The maximum absolute atomic E-state index is 12.6. The van der Waals surface area contributed by atoms with Crippen molar-refractivity contribution in [2.45, 2.75) is 19.8 Å². The van der Waals surface area contributed by atoms with E-state index in [1.807, 2.05) is 49.4 Å². The molecule has 1 atom stereocenters. The molecular formula is C19H18N2O4S. The number of anilines is 1. The van der Waals surface area contributed by atoms with E-state index in [-0.39, 0.29) is 12.3 Å². The number of carboxylic acid groups (broad SMARTS) is 1. The van der Waals surface area contributed by atoms with E-state index in [0.717, 1.165) is 11.3 Å². The van der Waals surface area contributed by atoms with E-state index in [0.29, 0.717) is 23.0 Å². The number of benzene rings is 1. The van der Waals surface area contributed by atoms with Gasteiger partial charge in [-0.2, -0.15) is 0 Å². The first-order valence-corrected chi connectivity index (χ1v) is 8.98. The summed E-state index contributed by atoms with van der Waals surface area (Å²) in [5, 5.41) is 14.1. The number of hydrogen-bond acceptors (Lipinski definition) is 5. The predicted molar refractivity (Wildman–Crippen MR) is 99.1 cm³/mol. The number of carbonyl (C=O) groups excluding carboxylic acids is 1. The number of carboxylic acids is 1. The standard InChI is InChI=1S/C19H18N2O4S/c1-12-7-8-16(25-12)15-11-26-19(20-15)21-18(24)14(10-17(22)23)9-13-5-3-2-4-6-13/h2-8,11,14H,9-10H2,1H3,(H,22,23)(H,20,21,24)/t14-/m1/s1. The zero-order chi connectivity index (χ0) is 18.5. The highest BCUT2D eigenvalue weighted by Gasteiger charge is 2.23. The zero-order valence-electron chi connectivity index (χ0n) is 14.1. The Morgan fingerprint density at radius 1 is 1.23 bits per heavy atom. The van der Waals surface area contributed by atoms with E-state index in [9.17, 15) is 9.59 Å². The van der Waals surface area contributed by atoms with Gasteiger partial charge in [0.1, 0.15) is 11.5 Å². The SMILES string of the molecule is Cc1ccc(-c2csc(NC(=O)[C@@H](CC(=O)O)Cc3ccccc3)n2)o1. The molecule has 0 fully saturated rings. The van der Waals surface area contributed by atoms with E-state index in [1.54, 1.807) is 5.38 Å². The number of amides is 1. The molecule has 0 unspecified atom stereocenters. The van der Waals surface area contributed by atoms with Crippen molar-refractivity contribution >= 4 is 28.3 Å². The van der Waals surface area contributed by atoms with Gasteiger partial charge in [-0.1, -0.05) is 30.3 Å². The summed E-state index contributed by atoms with van der Waals surface area (Å²) in [6.07, 6.45) is 0.116. The third-order valence-electron chi connectivity index (χ3n) is 3.84. The van der Waals surface area contributed by atoms with Crippen LogP contribution in [0.2, 0.25) is 0 Å². The minimum absolute atomic E-state index is 0.240. The first kappa shape index (κ1) is 17.9. The lowest BCUT2D eigenvalue weighted by Crippen LogP contribution is -2.27. The van der Waals surface area contributed by atoms with Crippen LogP contribution in [0, 0.1) is 12.8 Å². The first-order valence-electron chi connectivity index (χ1n) is 8.10. The molecule has 1 amide bonds. The number of thiazole rings is 1. The maximum Gasteiger partial charge on any atom is 0.304 e. The van der Waals surface area contributed by atoms with Crippen LogP contribution in [0.1, 0.15) is 17.7 Å². The number of furan rings is 1. The largest absolute Gasteiger partial charge is 0.481 e. The molecule has 1 aromatic carbocycles.